The molecular weight excluding hydrogens is 270 g/mol. The van der Waals surface area contributed by atoms with Crippen molar-refractivity contribution in [3.05, 3.63) is 0 Å². The predicted octanol–water partition coefficient (Wildman–Crippen LogP) is 0.258. The average Bonchev–Trinajstić information content (AvgIpc) is 3.01. The number of hydrogen-bond acceptors (Lipinski definition) is 4. The van der Waals surface area contributed by atoms with Gasteiger partial charge >= 0.3 is 0 Å². The van der Waals surface area contributed by atoms with E-state index >= 15 is 0 Å². The van der Waals surface area contributed by atoms with Gasteiger partial charge in [0.2, 0.25) is 5.91 Å². The highest BCUT2D eigenvalue weighted by Gasteiger charge is 2.36. The molecule has 0 spiro atoms. The molecule has 0 aromatic heterocycles. The molecule has 6 nitrogen and oxygen atoms in total. The van der Waals surface area contributed by atoms with Crippen LogP contribution < -0.4 is 11.1 Å². The summed E-state index contributed by atoms with van der Waals surface area (Å²) >= 11 is 0. The van der Waals surface area contributed by atoms with Gasteiger partial charge in [0.05, 0.1) is 12.0 Å². The lowest BCUT2D eigenvalue weighted by Crippen LogP contribution is -2.48. The third kappa shape index (κ3) is 4.17. The van der Waals surface area contributed by atoms with Crippen molar-refractivity contribution < 1.29 is 14.3 Å². The van der Waals surface area contributed by atoms with Gasteiger partial charge in [-0.2, -0.15) is 0 Å². The maximum Gasteiger partial charge on any atom is 0.251 e. The second-order valence-electron chi connectivity index (χ2n) is 5.97. The van der Waals surface area contributed by atoms with Crippen molar-refractivity contribution in [3.8, 4) is 0 Å². The fraction of sp³-hybridized carbons (Fsp3) is 0.867. The Kier molecular flexibility index (Phi) is 5.99. The van der Waals surface area contributed by atoms with Gasteiger partial charge in [-0.15, -0.1) is 0 Å². The second kappa shape index (κ2) is 7.75. The van der Waals surface area contributed by atoms with E-state index in [9.17, 15) is 9.59 Å². The molecule has 0 aromatic rings. The Bertz CT molecular complexity index is 375. The molecule has 1 unspecified atom stereocenters. The fourth-order valence-corrected chi connectivity index (χ4v) is 3.05. The first-order valence-corrected chi connectivity index (χ1v) is 8.07. The van der Waals surface area contributed by atoms with Crippen molar-refractivity contribution in [1.82, 2.24) is 10.2 Å². The molecule has 3 N–H and O–H groups in total. The summed E-state index contributed by atoms with van der Waals surface area (Å²) in [6, 6.07) is 0. The highest BCUT2D eigenvalue weighted by atomic mass is 16.5. The minimum absolute atomic E-state index is 0.00684. The summed E-state index contributed by atoms with van der Waals surface area (Å²) in [7, 11) is 0. The van der Waals surface area contributed by atoms with Crippen molar-refractivity contribution in [3.63, 3.8) is 0 Å². The van der Waals surface area contributed by atoms with Crippen LogP contribution in [0.15, 0.2) is 0 Å². The molecule has 2 fully saturated rings. The number of rotatable bonds is 5. The SMILES string of the molecule is CCCNC(=O)C1CCCN(C(=O)[C@@H]2CC[C@H](CN)O2)C1. The Labute approximate surface area is 126 Å². The van der Waals surface area contributed by atoms with E-state index in [0.717, 1.165) is 38.6 Å². The first-order valence-electron chi connectivity index (χ1n) is 8.07. The van der Waals surface area contributed by atoms with Crippen LogP contribution in [-0.4, -0.2) is 55.1 Å². The number of piperidine rings is 1. The van der Waals surface area contributed by atoms with Crippen LogP contribution in [0.5, 0.6) is 0 Å². The number of carbonyl (C=O) groups excluding carboxylic acids is 2. The summed E-state index contributed by atoms with van der Waals surface area (Å²) in [5, 5.41) is 2.92. The van der Waals surface area contributed by atoms with Crippen LogP contribution in [0.4, 0.5) is 0 Å². The minimum atomic E-state index is -0.365. The molecule has 2 amide bonds. The molecule has 2 rings (SSSR count). The van der Waals surface area contributed by atoms with Crippen molar-refractivity contribution in [1.29, 1.82) is 0 Å². The molecular formula is C15H27N3O3. The number of carbonyl (C=O) groups is 2. The van der Waals surface area contributed by atoms with Gasteiger partial charge in [-0.3, -0.25) is 9.59 Å². The van der Waals surface area contributed by atoms with E-state index < -0.39 is 0 Å². The lowest BCUT2D eigenvalue weighted by atomic mass is 9.96. The highest BCUT2D eigenvalue weighted by molar-refractivity contribution is 5.83. The van der Waals surface area contributed by atoms with E-state index in [1.807, 2.05) is 6.92 Å². The van der Waals surface area contributed by atoms with Crippen molar-refractivity contribution in [2.75, 3.05) is 26.2 Å². The van der Waals surface area contributed by atoms with Gasteiger partial charge in [0, 0.05) is 26.2 Å². The Morgan fingerprint density at radius 2 is 2.14 bits per heavy atom. The molecule has 2 aliphatic heterocycles. The molecule has 3 atom stereocenters. The third-order valence-corrected chi connectivity index (χ3v) is 4.30. The van der Waals surface area contributed by atoms with Gasteiger partial charge in [0.15, 0.2) is 0 Å². The van der Waals surface area contributed by atoms with Crippen molar-refractivity contribution in [2.24, 2.45) is 11.7 Å². The molecule has 2 saturated heterocycles. The summed E-state index contributed by atoms with van der Waals surface area (Å²) < 4.78 is 5.67. The van der Waals surface area contributed by atoms with E-state index in [1.54, 1.807) is 4.90 Å². The topological polar surface area (TPSA) is 84.7 Å². The molecule has 0 radical (unpaired) electrons. The molecule has 2 aliphatic rings. The number of nitrogens with zero attached hydrogens (tertiary/aromatic N) is 1. The number of amides is 2. The molecule has 6 heteroatoms. The van der Waals surface area contributed by atoms with E-state index in [0.29, 0.717) is 19.6 Å². The molecule has 0 saturated carbocycles. The summed E-state index contributed by atoms with van der Waals surface area (Å²) in [5.74, 6) is 0.0152. The normalized spacial score (nSPS) is 29.4. The van der Waals surface area contributed by atoms with E-state index in [-0.39, 0.29) is 29.9 Å². The van der Waals surface area contributed by atoms with Crippen molar-refractivity contribution in [2.45, 2.75) is 51.2 Å². The van der Waals surface area contributed by atoms with Crippen LogP contribution in [0, 0.1) is 5.92 Å². The van der Waals surface area contributed by atoms with Gasteiger partial charge in [0.1, 0.15) is 6.10 Å². The molecule has 2 heterocycles. The quantitative estimate of drug-likeness (QED) is 0.762. The average molecular weight is 297 g/mol. The Hall–Kier alpha value is -1.14. The Balaban J connectivity index is 1.85. The molecule has 21 heavy (non-hydrogen) atoms. The monoisotopic (exact) mass is 297 g/mol. The zero-order chi connectivity index (χ0) is 15.2. The Morgan fingerprint density at radius 3 is 2.81 bits per heavy atom. The standard InChI is InChI=1S/C15H27N3O3/c1-2-7-17-14(19)11-4-3-8-18(10-11)15(20)13-6-5-12(9-16)21-13/h11-13H,2-10,16H2,1H3,(H,17,19)/t11?,12-,13+/m1/s1. The number of nitrogens with one attached hydrogen (secondary N) is 1. The van der Waals surface area contributed by atoms with Crippen LogP contribution in [0.2, 0.25) is 0 Å². The third-order valence-electron chi connectivity index (χ3n) is 4.30. The number of ether oxygens (including phenoxy) is 1. The fourth-order valence-electron chi connectivity index (χ4n) is 3.05. The van der Waals surface area contributed by atoms with Gasteiger partial charge < -0.3 is 20.7 Å². The number of hydrogen-bond donors (Lipinski definition) is 2. The maximum atomic E-state index is 12.5. The largest absolute Gasteiger partial charge is 0.364 e. The number of nitrogens with two attached hydrogens (primary N) is 1. The van der Waals surface area contributed by atoms with E-state index in [1.165, 1.54) is 0 Å². The van der Waals surface area contributed by atoms with Crippen LogP contribution in [-0.2, 0) is 14.3 Å². The summed E-state index contributed by atoms with van der Waals surface area (Å²) in [6.07, 6.45) is 3.89. The first-order chi connectivity index (χ1) is 10.2. The van der Waals surface area contributed by atoms with Gasteiger partial charge in [-0.1, -0.05) is 6.92 Å². The zero-order valence-corrected chi connectivity index (χ0v) is 12.8. The minimum Gasteiger partial charge on any atom is -0.364 e. The summed E-state index contributed by atoms with van der Waals surface area (Å²) in [4.78, 5) is 26.3. The van der Waals surface area contributed by atoms with Crippen LogP contribution in [0.3, 0.4) is 0 Å². The first kappa shape index (κ1) is 16.2. The molecule has 0 bridgehead atoms. The highest BCUT2D eigenvalue weighted by Crippen LogP contribution is 2.24. The lowest BCUT2D eigenvalue weighted by molar-refractivity contribution is -0.145. The summed E-state index contributed by atoms with van der Waals surface area (Å²) in [5.41, 5.74) is 5.58. The lowest BCUT2D eigenvalue weighted by Gasteiger charge is -2.33. The predicted molar refractivity (Wildman–Crippen MR) is 79.6 cm³/mol. The summed E-state index contributed by atoms with van der Waals surface area (Å²) in [6.45, 7) is 4.44. The van der Waals surface area contributed by atoms with E-state index in [2.05, 4.69) is 5.32 Å². The van der Waals surface area contributed by atoms with Gasteiger partial charge in [-0.25, -0.2) is 0 Å². The van der Waals surface area contributed by atoms with Crippen molar-refractivity contribution >= 4 is 11.8 Å². The maximum absolute atomic E-state index is 12.5. The van der Waals surface area contributed by atoms with E-state index in [4.69, 9.17) is 10.5 Å². The smallest absolute Gasteiger partial charge is 0.251 e. The molecule has 0 aromatic carbocycles. The van der Waals surface area contributed by atoms with Gasteiger partial charge in [0.25, 0.3) is 5.91 Å². The molecule has 120 valence electrons. The zero-order valence-electron chi connectivity index (χ0n) is 12.8. The van der Waals surface area contributed by atoms with Crippen LogP contribution in [0.1, 0.15) is 39.0 Å². The van der Waals surface area contributed by atoms with Crippen LogP contribution >= 0.6 is 0 Å². The second-order valence-corrected chi connectivity index (χ2v) is 5.97. The van der Waals surface area contributed by atoms with Crippen LogP contribution in [0.25, 0.3) is 0 Å². The van der Waals surface area contributed by atoms with Gasteiger partial charge in [-0.05, 0) is 32.1 Å². The molecule has 0 aliphatic carbocycles. The Morgan fingerprint density at radius 1 is 1.33 bits per heavy atom. The number of likely N-dealkylation sites (tertiary alicyclic amines) is 1.